The van der Waals surface area contributed by atoms with Gasteiger partial charge in [0.15, 0.2) is 0 Å². The summed E-state index contributed by atoms with van der Waals surface area (Å²) in [5, 5.41) is 3.37. The molecule has 0 aromatic heterocycles. The maximum absolute atomic E-state index is 13.3. The van der Waals surface area contributed by atoms with Crippen LogP contribution in [-0.4, -0.2) is 13.1 Å². The summed E-state index contributed by atoms with van der Waals surface area (Å²) in [5.74, 6) is 0.551. The summed E-state index contributed by atoms with van der Waals surface area (Å²) in [6, 6.07) is 5.33. The van der Waals surface area contributed by atoms with Crippen molar-refractivity contribution in [3.63, 3.8) is 0 Å². The molecule has 94 valence electrons. The monoisotopic (exact) mass is 235 g/mol. The largest absolute Gasteiger partial charge is 0.316 e. The van der Waals surface area contributed by atoms with Gasteiger partial charge >= 0.3 is 0 Å². The number of aryl methyl sites for hydroxylation is 1. The van der Waals surface area contributed by atoms with Crippen LogP contribution in [0.25, 0.3) is 6.08 Å². The summed E-state index contributed by atoms with van der Waals surface area (Å²) in [6.45, 7) is 8.19. The number of rotatable bonds is 6. The van der Waals surface area contributed by atoms with Gasteiger partial charge < -0.3 is 5.32 Å². The molecule has 2 heteroatoms. The van der Waals surface area contributed by atoms with E-state index in [0.717, 1.165) is 25.1 Å². The Balaban J connectivity index is 2.31. The molecule has 0 amide bonds. The maximum atomic E-state index is 13.3. The number of hydrogen-bond donors (Lipinski definition) is 1. The predicted molar refractivity (Wildman–Crippen MR) is 72.5 cm³/mol. The lowest BCUT2D eigenvalue weighted by molar-refractivity contribution is 0.557. The van der Waals surface area contributed by atoms with Crippen molar-refractivity contribution >= 4 is 6.08 Å². The molecule has 0 saturated carbocycles. The molecule has 1 N–H and O–H groups in total. The Bertz CT molecular complexity index is 369. The van der Waals surface area contributed by atoms with Crippen LogP contribution in [0.3, 0.4) is 0 Å². The van der Waals surface area contributed by atoms with Crippen molar-refractivity contribution in [2.24, 2.45) is 5.92 Å². The molecule has 0 saturated heterocycles. The highest BCUT2D eigenvalue weighted by molar-refractivity contribution is 5.49. The van der Waals surface area contributed by atoms with Gasteiger partial charge in [0.25, 0.3) is 0 Å². The van der Waals surface area contributed by atoms with Gasteiger partial charge in [-0.25, -0.2) is 4.39 Å². The van der Waals surface area contributed by atoms with Gasteiger partial charge in [0.2, 0.25) is 0 Å². The third-order valence-electron chi connectivity index (χ3n) is 2.55. The first kappa shape index (κ1) is 13.9. The standard InChI is InChI=1S/C15H22FN/c1-12(2)11-17-9-5-4-6-14-8-7-13(3)15(16)10-14/h4,6-8,10,12,17H,5,9,11H2,1-3H3/b6-4+. The average molecular weight is 235 g/mol. The molecule has 1 aromatic rings. The minimum atomic E-state index is -0.134. The zero-order chi connectivity index (χ0) is 12.7. The first-order chi connectivity index (χ1) is 8.09. The third kappa shape index (κ3) is 5.64. The molecular formula is C15H22FN. The molecule has 1 nitrogen and oxygen atoms in total. The highest BCUT2D eigenvalue weighted by Gasteiger charge is 1.96. The summed E-state index contributed by atoms with van der Waals surface area (Å²) in [6.07, 6.45) is 5.03. The topological polar surface area (TPSA) is 12.0 Å². The fourth-order valence-corrected chi connectivity index (χ4v) is 1.51. The van der Waals surface area contributed by atoms with Crippen LogP contribution in [0.15, 0.2) is 24.3 Å². The predicted octanol–water partition coefficient (Wildman–Crippen LogP) is 3.78. The molecule has 0 bridgehead atoms. The van der Waals surface area contributed by atoms with Crippen molar-refractivity contribution in [1.29, 1.82) is 0 Å². The van der Waals surface area contributed by atoms with E-state index in [9.17, 15) is 4.39 Å². The Morgan fingerprint density at radius 1 is 1.35 bits per heavy atom. The van der Waals surface area contributed by atoms with E-state index in [1.807, 2.05) is 18.2 Å². The van der Waals surface area contributed by atoms with Crippen molar-refractivity contribution in [2.45, 2.75) is 27.2 Å². The van der Waals surface area contributed by atoms with Crippen LogP contribution in [0.2, 0.25) is 0 Å². The molecule has 1 rings (SSSR count). The zero-order valence-corrected chi connectivity index (χ0v) is 11.0. The van der Waals surface area contributed by atoms with Crippen molar-refractivity contribution in [1.82, 2.24) is 5.32 Å². The second kappa shape index (κ2) is 7.23. The molecule has 0 fully saturated rings. The molecule has 0 heterocycles. The first-order valence-electron chi connectivity index (χ1n) is 6.23. The van der Waals surface area contributed by atoms with Crippen LogP contribution in [0.1, 0.15) is 31.4 Å². The molecule has 0 aliphatic rings. The van der Waals surface area contributed by atoms with Crippen LogP contribution in [-0.2, 0) is 0 Å². The fourth-order valence-electron chi connectivity index (χ4n) is 1.51. The molecular weight excluding hydrogens is 213 g/mol. The van der Waals surface area contributed by atoms with E-state index in [1.165, 1.54) is 0 Å². The van der Waals surface area contributed by atoms with Gasteiger partial charge in [0.1, 0.15) is 5.82 Å². The molecule has 0 aliphatic heterocycles. The molecule has 0 unspecified atom stereocenters. The highest BCUT2D eigenvalue weighted by atomic mass is 19.1. The van der Waals surface area contributed by atoms with Gasteiger partial charge in [-0.3, -0.25) is 0 Å². The van der Waals surface area contributed by atoms with Gasteiger partial charge in [-0.15, -0.1) is 0 Å². The third-order valence-corrected chi connectivity index (χ3v) is 2.55. The lowest BCUT2D eigenvalue weighted by atomic mass is 10.1. The van der Waals surface area contributed by atoms with E-state index >= 15 is 0 Å². The maximum Gasteiger partial charge on any atom is 0.126 e. The Morgan fingerprint density at radius 2 is 2.12 bits per heavy atom. The highest BCUT2D eigenvalue weighted by Crippen LogP contribution is 2.10. The van der Waals surface area contributed by atoms with Crippen LogP contribution in [0.4, 0.5) is 4.39 Å². The molecule has 1 aromatic carbocycles. The normalized spacial score (nSPS) is 11.6. The SMILES string of the molecule is Cc1ccc(/C=C/CCNCC(C)C)cc1F. The zero-order valence-electron chi connectivity index (χ0n) is 11.0. The second-order valence-electron chi connectivity index (χ2n) is 4.80. The molecule has 0 aliphatic carbocycles. The van der Waals surface area contributed by atoms with Gasteiger partial charge in [-0.1, -0.05) is 38.1 Å². The van der Waals surface area contributed by atoms with Gasteiger partial charge in [-0.05, 0) is 49.5 Å². The minimum Gasteiger partial charge on any atom is -0.316 e. The van der Waals surface area contributed by atoms with E-state index in [2.05, 4.69) is 25.2 Å². The van der Waals surface area contributed by atoms with E-state index in [0.29, 0.717) is 11.5 Å². The minimum absolute atomic E-state index is 0.134. The van der Waals surface area contributed by atoms with Crippen LogP contribution in [0, 0.1) is 18.7 Å². The van der Waals surface area contributed by atoms with Crippen LogP contribution in [0.5, 0.6) is 0 Å². The van der Waals surface area contributed by atoms with Crippen LogP contribution >= 0.6 is 0 Å². The van der Waals surface area contributed by atoms with Crippen molar-refractivity contribution < 1.29 is 4.39 Å². The van der Waals surface area contributed by atoms with Crippen molar-refractivity contribution in [3.05, 3.63) is 41.2 Å². The van der Waals surface area contributed by atoms with Crippen molar-refractivity contribution in [2.75, 3.05) is 13.1 Å². The summed E-state index contributed by atoms with van der Waals surface area (Å²) in [7, 11) is 0. The Morgan fingerprint density at radius 3 is 2.76 bits per heavy atom. The molecule has 0 atom stereocenters. The number of nitrogens with one attached hydrogen (secondary N) is 1. The smallest absolute Gasteiger partial charge is 0.126 e. The Hall–Kier alpha value is -1.15. The molecule has 17 heavy (non-hydrogen) atoms. The lowest BCUT2D eigenvalue weighted by Gasteiger charge is -2.04. The first-order valence-corrected chi connectivity index (χ1v) is 6.23. The summed E-state index contributed by atoms with van der Waals surface area (Å²) < 4.78 is 13.3. The summed E-state index contributed by atoms with van der Waals surface area (Å²) in [4.78, 5) is 0. The van der Waals surface area contributed by atoms with Crippen molar-refractivity contribution in [3.8, 4) is 0 Å². The van der Waals surface area contributed by atoms with Gasteiger partial charge in [-0.2, -0.15) is 0 Å². The average Bonchev–Trinajstić information content (AvgIpc) is 2.27. The van der Waals surface area contributed by atoms with Crippen LogP contribution < -0.4 is 5.32 Å². The quantitative estimate of drug-likeness (QED) is 0.740. The summed E-state index contributed by atoms with van der Waals surface area (Å²) in [5.41, 5.74) is 1.62. The number of benzene rings is 1. The molecule has 0 radical (unpaired) electrons. The van der Waals surface area contributed by atoms with E-state index in [1.54, 1.807) is 13.0 Å². The van der Waals surface area contributed by atoms with Gasteiger partial charge in [0, 0.05) is 0 Å². The number of hydrogen-bond acceptors (Lipinski definition) is 1. The lowest BCUT2D eigenvalue weighted by Crippen LogP contribution is -2.20. The fraction of sp³-hybridized carbons (Fsp3) is 0.467. The number of halogens is 1. The van der Waals surface area contributed by atoms with Gasteiger partial charge in [0.05, 0.1) is 0 Å². The Labute approximate surface area is 104 Å². The Kier molecular flexibility index (Phi) is 5.92. The molecule has 0 spiro atoms. The van der Waals surface area contributed by atoms with E-state index in [4.69, 9.17) is 0 Å². The second-order valence-corrected chi connectivity index (χ2v) is 4.80. The van der Waals surface area contributed by atoms with E-state index < -0.39 is 0 Å². The van der Waals surface area contributed by atoms with E-state index in [-0.39, 0.29) is 5.82 Å². The summed E-state index contributed by atoms with van der Waals surface area (Å²) >= 11 is 0.